The third-order valence-electron chi connectivity index (χ3n) is 3.72. The molecule has 0 aromatic heterocycles. The molecule has 2 aliphatic rings. The number of carbonyl (C=O) groups is 2. The van der Waals surface area contributed by atoms with E-state index in [-0.39, 0.29) is 17.9 Å². The van der Waals surface area contributed by atoms with Crippen molar-refractivity contribution in [2.75, 3.05) is 26.2 Å². The monoisotopic (exact) mass is 251 g/mol. The molecule has 2 aliphatic heterocycles. The van der Waals surface area contributed by atoms with Crippen molar-refractivity contribution in [2.24, 2.45) is 0 Å². The summed E-state index contributed by atoms with van der Waals surface area (Å²) in [7, 11) is 0. The first-order valence-corrected chi connectivity index (χ1v) is 6.53. The molecule has 2 N–H and O–H groups in total. The molecule has 5 heteroatoms. The Labute approximate surface area is 108 Å². The van der Waals surface area contributed by atoms with Crippen LogP contribution in [0.25, 0.3) is 0 Å². The summed E-state index contributed by atoms with van der Waals surface area (Å²) in [5, 5.41) is 6.07. The van der Waals surface area contributed by atoms with Crippen LogP contribution in [0.15, 0.2) is 11.1 Å². The van der Waals surface area contributed by atoms with Crippen LogP contribution in [-0.4, -0.2) is 48.9 Å². The zero-order valence-corrected chi connectivity index (χ0v) is 11.1. The van der Waals surface area contributed by atoms with Crippen molar-refractivity contribution in [1.29, 1.82) is 0 Å². The van der Waals surface area contributed by atoms with Crippen molar-refractivity contribution in [3.63, 3.8) is 0 Å². The molecular formula is C13H21N3O2. The zero-order chi connectivity index (χ0) is 13.1. The molecule has 2 fully saturated rings. The summed E-state index contributed by atoms with van der Waals surface area (Å²) in [6.07, 6.45) is 1.71. The van der Waals surface area contributed by atoms with Gasteiger partial charge >= 0.3 is 0 Å². The highest BCUT2D eigenvalue weighted by Gasteiger charge is 2.25. The maximum atomic E-state index is 12.2. The van der Waals surface area contributed by atoms with E-state index in [1.807, 2.05) is 11.8 Å². The fourth-order valence-corrected chi connectivity index (χ4v) is 2.42. The Hall–Kier alpha value is -1.36. The third kappa shape index (κ3) is 2.90. The van der Waals surface area contributed by atoms with Crippen LogP contribution in [0.5, 0.6) is 0 Å². The molecule has 5 nitrogen and oxygen atoms in total. The second-order valence-electron chi connectivity index (χ2n) is 5.10. The van der Waals surface area contributed by atoms with Crippen molar-refractivity contribution in [3.05, 3.63) is 11.1 Å². The number of hydrogen-bond donors (Lipinski definition) is 2. The van der Waals surface area contributed by atoms with Gasteiger partial charge in [-0.2, -0.15) is 0 Å². The summed E-state index contributed by atoms with van der Waals surface area (Å²) < 4.78 is 0. The minimum Gasteiger partial charge on any atom is -0.353 e. The van der Waals surface area contributed by atoms with Gasteiger partial charge in [-0.25, -0.2) is 0 Å². The highest BCUT2D eigenvalue weighted by molar-refractivity contribution is 5.94. The summed E-state index contributed by atoms with van der Waals surface area (Å²) in [6.45, 7) is 6.62. The molecular weight excluding hydrogens is 230 g/mol. The van der Waals surface area contributed by atoms with Crippen LogP contribution in [0.4, 0.5) is 0 Å². The largest absolute Gasteiger partial charge is 0.353 e. The van der Waals surface area contributed by atoms with Gasteiger partial charge in [0.05, 0.1) is 0 Å². The molecule has 0 saturated carbocycles. The van der Waals surface area contributed by atoms with Gasteiger partial charge < -0.3 is 15.5 Å². The SMILES string of the molecule is CC(=O)NC1CCN(C(=O)C(C)=C2CNC2)CC1. The molecule has 2 amide bonds. The number of rotatable bonds is 2. The van der Waals surface area contributed by atoms with Gasteiger partial charge in [0.25, 0.3) is 0 Å². The standard InChI is InChI=1S/C13H21N3O2/c1-9(11-7-14-8-11)13(18)16-5-3-12(4-6-16)15-10(2)17/h12,14H,3-8H2,1-2H3,(H,15,17). The van der Waals surface area contributed by atoms with Crippen LogP contribution in [0.3, 0.4) is 0 Å². The van der Waals surface area contributed by atoms with E-state index >= 15 is 0 Å². The Balaban J connectivity index is 1.86. The molecule has 0 spiro atoms. The number of nitrogens with zero attached hydrogens (tertiary/aromatic N) is 1. The average molecular weight is 251 g/mol. The lowest BCUT2D eigenvalue weighted by atomic mass is 10.0. The molecule has 0 aromatic rings. The Morgan fingerprint density at radius 1 is 1.22 bits per heavy atom. The van der Waals surface area contributed by atoms with Gasteiger partial charge in [0.2, 0.25) is 11.8 Å². The highest BCUT2D eigenvalue weighted by atomic mass is 16.2. The van der Waals surface area contributed by atoms with Gasteiger partial charge in [-0.1, -0.05) is 0 Å². The van der Waals surface area contributed by atoms with Crippen molar-refractivity contribution in [3.8, 4) is 0 Å². The second kappa shape index (κ2) is 5.52. The van der Waals surface area contributed by atoms with Crippen LogP contribution in [0, 0.1) is 0 Å². The normalized spacial score (nSPS) is 20.3. The van der Waals surface area contributed by atoms with Gasteiger partial charge in [0.1, 0.15) is 0 Å². The van der Waals surface area contributed by atoms with Crippen molar-refractivity contribution >= 4 is 11.8 Å². The minimum absolute atomic E-state index is 0.0126. The molecule has 0 radical (unpaired) electrons. The first-order valence-electron chi connectivity index (χ1n) is 6.53. The fourth-order valence-electron chi connectivity index (χ4n) is 2.42. The van der Waals surface area contributed by atoms with E-state index in [4.69, 9.17) is 0 Å². The van der Waals surface area contributed by atoms with Gasteiger partial charge in [0.15, 0.2) is 0 Å². The molecule has 0 aliphatic carbocycles. The topological polar surface area (TPSA) is 61.4 Å². The summed E-state index contributed by atoms with van der Waals surface area (Å²) in [4.78, 5) is 25.1. The molecule has 0 aromatic carbocycles. The molecule has 2 heterocycles. The molecule has 100 valence electrons. The van der Waals surface area contributed by atoms with E-state index < -0.39 is 0 Å². The lowest BCUT2D eigenvalue weighted by Crippen LogP contribution is -2.47. The van der Waals surface area contributed by atoms with Crippen LogP contribution >= 0.6 is 0 Å². The van der Waals surface area contributed by atoms with Crippen LogP contribution in [0.1, 0.15) is 26.7 Å². The Bertz CT molecular complexity index is 376. The smallest absolute Gasteiger partial charge is 0.249 e. The first-order chi connectivity index (χ1) is 8.58. The Kier molecular flexibility index (Phi) is 4.01. The Morgan fingerprint density at radius 2 is 1.83 bits per heavy atom. The number of carbonyl (C=O) groups excluding carboxylic acids is 2. The van der Waals surface area contributed by atoms with Crippen molar-refractivity contribution < 1.29 is 9.59 Å². The van der Waals surface area contributed by atoms with E-state index in [2.05, 4.69) is 10.6 Å². The molecule has 2 saturated heterocycles. The zero-order valence-electron chi connectivity index (χ0n) is 11.1. The van der Waals surface area contributed by atoms with E-state index in [1.54, 1.807) is 0 Å². The van der Waals surface area contributed by atoms with E-state index in [0.717, 1.165) is 44.6 Å². The number of amides is 2. The lowest BCUT2D eigenvalue weighted by molar-refractivity contribution is -0.128. The maximum absolute atomic E-state index is 12.2. The summed E-state index contributed by atoms with van der Waals surface area (Å²) >= 11 is 0. The fraction of sp³-hybridized carbons (Fsp3) is 0.692. The molecule has 18 heavy (non-hydrogen) atoms. The molecule has 0 atom stereocenters. The minimum atomic E-state index is 0.0126. The molecule has 0 bridgehead atoms. The van der Waals surface area contributed by atoms with Gasteiger partial charge in [-0.3, -0.25) is 9.59 Å². The van der Waals surface area contributed by atoms with E-state index in [9.17, 15) is 9.59 Å². The quantitative estimate of drug-likeness (QED) is 0.681. The number of nitrogens with one attached hydrogen (secondary N) is 2. The second-order valence-corrected chi connectivity index (χ2v) is 5.10. The molecule has 2 rings (SSSR count). The van der Waals surface area contributed by atoms with Crippen LogP contribution in [-0.2, 0) is 9.59 Å². The highest BCUT2D eigenvalue weighted by Crippen LogP contribution is 2.16. The number of piperidine rings is 1. The predicted molar refractivity (Wildman–Crippen MR) is 69.0 cm³/mol. The summed E-state index contributed by atoms with van der Waals surface area (Å²) in [5.74, 6) is 0.173. The maximum Gasteiger partial charge on any atom is 0.249 e. The summed E-state index contributed by atoms with van der Waals surface area (Å²) in [5.41, 5.74) is 2.12. The van der Waals surface area contributed by atoms with Crippen molar-refractivity contribution in [2.45, 2.75) is 32.7 Å². The Morgan fingerprint density at radius 3 is 2.28 bits per heavy atom. The predicted octanol–water partition coefficient (Wildman–Crippen LogP) is 0.0332. The van der Waals surface area contributed by atoms with Crippen molar-refractivity contribution in [1.82, 2.24) is 15.5 Å². The third-order valence-corrected chi connectivity index (χ3v) is 3.72. The van der Waals surface area contributed by atoms with Gasteiger partial charge in [-0.15, -0.1) is 0 Å². The number of likely N-dealkylation sites (tertiary alicyclic amines) is 1. The number of hydrogen-bond acceptors (Lipinski definition) is 3. The van der Waals surface area contributed by atoms with Gasteiger partial charge in [-0.05, 0) is 25.3 Å². The van der Waals surface area contributed by atoms with E-state index in [1.165, 1.54) is 12.5 Å². The van der Waals surface area contributed by atoms with Crippen LogP contribution < -0.4 is 10.6 Å². The average Bonchev–Trinajstić information content (AvgIpc) is 2.26. The molecule has 0 unspecified atom stereocenters. The summed E-state index contributed by atoms with van der Waals surface area (Å²) in [6, 6.07) is 0.227. The first kappa shape index (κ1) is 13.1. The van der Waals surface area contributed by atoms with Gasteiger partial charge in [0, 0.05) is 44.7 Å². The lowest BCUT2D eigenvalue weighted by Gasteiger charge is -2.33. The van der Waals surface area contributed by atoms with E-state index in [0.29, 0.717) is 0 Å². The van der Waals surface area contributed by atoms with Crippen LogP contribution in [0.2, 0.25) is 0 Å².